The summed E-state index contributed by atoms with van der Waals surface area (Å²) in [4.78, 5) is 37.3. The number of carboxylic acids is 1. The van der Waals surface area contributed by atoms with Crippen molar-refractivity contribution in [2.75, 3.05) is 47.5 Å². The minimum absolute atomic E-state index is 0.150. The van der Waals surface area contributed by atoms with Crippen molar-refractivity contribution in [2.45, 2.75) is 373 Å². The van der Waals surface area contributed by atoms with Gasteiger partial charge in [-0.25, -0.2) is 0 Å². The van der Waals surface area contributed by atoms with E-state index in [1.165, 1.54) is 276 Å². The molecule has 0 aliphatic heterocycles. The molecule has 468 valence electrons. The van der Waals surface area contributed by atoms with Crippen molar-refractivity contribution >= 4 is 17.9 Å². The number of aliphatic carboxylic acids is 1. The second-order valence-corrected chi connectivity index (χ2v) is 25.2. The lowest BCUT2D eigenvalue weighted by molar-refractivity contribution is -0.870. The van der Waals surface area contributed by atoms with Gasteiger partial charge in [0.25, 0.3) is 0 Å². The monoisotopic (exact) mass is 1120 g/mol. The zero-order valence-electron chi connectivity index (χ0n) is 53.5. The van der Waals surface area contributed by atoms with Crippen molar-refractivity contribution in [1.29, 1.82) is 0 Å². The molecule has 0 fully saturated rings. The summed E-state index contributed by atoms with van der Waals surface area (Å²) < 4.78 is 22.7. The second-order valence-electron chi connectivity index (χ2n) is 25.2. The third-order valence-corrected chi connectivity index (χ3v) is 16.0. The van der Waals surface area contributed by atoms with Crippen LogP contribution < -0.4 is 5.11 Å². The lowest BCUT2D eigenvalue weighted by Gasteiger charge is -2.26. The number of carbonyl (C=O) groups excluding carboxylic acids is 3. The van der Waals surface area contributed by atoms with Crippen molar-refractivity contribution in [2.24, 2.45) is 0 Å². The van der Waals surface area contributed by atoms with Gasteiger partial charge >= 0.3 is 11.9 Å². The SMILES string of the molecule is CCCCCC/C=C\CCCCCCCC(=O)OC(COC(=O)CCCCCCCCCCCCCCCCCCCCCCCCCCCCCCCCCCCCCCCCCCC)COC(OCC[N+](C)(C)C)C(=O)[O-]. The number of likely N-dealkylation sites (N-methyl/N-ethyl adjacent to an activating group) is 1. The van der Waals surface area contributed by atoms with Crippen LogP contribution in [0.15, 0.2) is 12.2 Å². The fourth-order valence-corrected chi connectivity index (χ4v) is 10.7. The molecule has 0 aromatic carbocycles. The number of quaternary nitrogens is 1. The average Bonchev–Trinajstić information content (AvgIpc) is 3.42. The normalized spacial score (nSPS) is 12.7. The molecule has 0 bridgehead atoms. The number of rotatable bonds is 66. The minimum Gasteiger partial charge on any atom is -0.545 e. The van der Waals surface area contributed by atoms with Gasteiger partial charge in [-0.15, -0.1) is 0 Å². The molecule has 0 rings (SSSR count). The summed E-state index contributed by atoms with van der Waals surface area (Å²) in [6.07, 6.45) is 72.0. The average molecular weight is 1120 g/mol. The van der Waals surface area contributed by atoms with Crippen LogP contribution in [0.2, 0.25) is 0 Å². The maximum Gasteiger partial charge on any atom is 0.306 e. The Morgan fingerprint density at radius 3 is 0.949 bits per heavy atom. The van der Waals surface area contributed by atoms with Gasteiger partial charge in [-0.05, 0) is 38.5 Å². The van der Waals surface area contributed by atoms with Gasteiger partial charge in [-0.2, -0.15) is 0 Å². The summed E-state index contributed by atoms with van der Waals surface area (Å²) in [6.45, 7) is 4.78. The Hall–Kier alpha value is -1.97. The van der Waals surface area contributed by atoms with E-state index in [2.05, 4.69) is 26.0 Å². The van der Waals surface area contributed by atoms with Crippen LogP contribution in [-0.2, 0) is 33.3 Å². The van der Waals surface area contributed by atoms with E-state index in [-0.39, 0.29) is 32.2 Å². The van der Waals surface area contributed by atoms with Crippen molar-refractivity contribution < 1.29 is 42.9 Å². The standard InChI is InChI=1S/C70H135NO8/c1-6-8-10-12-14-16-18-20-21-22-23-24-25-26-27-28-29-30-31-32-33-34-35-36-37-38-39-40-41-42-43-44-45-46-47-49-50-52-54-56-58-60-67(72)77-64-66(65-78-70(69(74)75)76-63-62-71(3,4)5)79-68(73)61-59-57-55-53-51-48-19-17-15-13-11-9-7-2/h17,19,66,70H,6-16,18,20-65H2,1-5H3/b19-17-. The highest BCUT2D eigenvalue weighted by atomic mass is 16.7. The molecular weight excluding hydrogens is 983 g/mol. The van der Waals surface area contributed by atoms with Gasteiger partial charge in [0, 0.05) is 12.8 Å². The van der Waals surface area contributed by atoms with E-state index in [1.54, 1.807) is 0 Å². The molecule has 0 aromatic heterocycles. The molecular formula is C70H135NO8. The van der Waals surface area contributed by atoms with E-state index in [9.17, 15) is 19.5 Å². The van der Waals surface area contributed by atoms with Crippen molar-refractivity contribution in [3.05, 3.63) is 12.2 Å². The van der Waals surface area contributed by atoms with E-state index in [1.807, 2.05) is 21.1 Å². The van der Waals surface area contributed by atoms with Gasteiger partial charge in [0.1, 0.15) is 13.2 Å². The zero-order valence-corrected chi connectivity index (χ0v) is 53.5. The fourth-order valence-electron chi connectivity index (χ4n) is 10.7. The third kappa shape index (κ3) is 63.5. The summed E-state index contributed by atoms with van der Waals surface area (Å²) >= 11 is 0. The summed E-state index contributed by atoms with van der Waals surface area (Å²) in [5.74, 6) is -2.27. The molecule has 0 radical (unpaired) electrons. The molecule has 0 saturated carbocycles. The van der Waals surface area contributed by atoms with E-state index in [4.69, 9.17) is 18.9 Å². The molecule has 0 saturated heterocycles. The number of nitrogens with zero attached hydrogens (tertiary/aromatic N) is 1. The van der Waals surface area contributed by atoms with Crippen LogP contribution in [0.25, 0.3) is 0 Å². The van der Waals surface area contributed by atoms with Crippen LogP contribution in [0, 0.1) is 0 Å². The van der Waals surface area contributed by atoms with Gasteiger partial charge < -0.3 is 33.3 Å². The molecule has 2 atom stereocenters. The molecule has 0 spiro atoms. The van der Waals surface area contributed by atoms with E-state index >= 15 is 0 Å². The number of hydrogen-bond donors (Lipinski definition) is 0. The number of ether oxygens (including phenoxy) is 4. The summed E-state index contributed by atoms with van der Waals surface area (Å²) in [7, 11) is 5.93. The second kappa shape index (κ2) is 62.1. The van der Waals surface area contributed by atoms with Crippen molar-refractivity contribution in [3.63, 3.8) is 0 Å². The van der Waals surface area contributed by atoms with E-state index < -0.39 is 24.3 Å². The highest BCUT2D eigenvalue weighted by Gasteiger charge is 2.22. The molecule has 2 unspecified atom stereocenters. The Bertz CT molecular complexity index is 1300. The quantitative estimate of drug-likeness (QED) is 0.0195. The predicted molar refractivity (Wildman–Crippen MR) is 334 cm³/mol. The summed E-state index contributed by atoms with van der Waals surface area (Å²) in [5.41, 5.74) is 0. The van der Waals surface area contributed by atoms with Gasteiger partial charge in [0.15, 0.2) is 12.4 Å². The van der Waals surface area contributed by atoms with Gasteiger partial charge in [0.2, 0.25) is 0 Å². The molecule has 0 aromatic rings. The smallest absolute Gasteiger partial charge is 0.306 e. The first-order valence-electron chi connectivity index (χ1n) is 34.8. The molecule has 0 heterocycles. The lowest BCUT2D eigenvalue weighted by Crippen LogP contribution is -2.44. The third-order valence-electron chi connectivity index (χ3n) is 16.0. The number of allylic oxidation sites excluding steroid dienone is 2. The van der Waals surface area contributed by atoms with Crippen LogP contribution in [0.1, 0.15) is 361 Å². The topological polar surface area (TPSA) is 111 Å². The van der Waals surface area contributed by atoms with Crippen LogP contribution in [0.5, 0.6) is 0 Å². The number of carbonyl (C=O) groups is 3. The highest BCUT2D eigenvalue weighted by molar-refractivity contribution is 5.70. The molecule has 0 N–H and O–H groups in total. The molecule has 79 heavy (non-hydrogen) atoms. The first kappa shape index (κ1) is 77.0. The van der Waals surface area contributed by atoms with E-state index in [0.717, 1.165) is 51.4 Å². The fraction of sp³-hybridized carbons (Fsp3) is 0.929. The van der Waals surface area contributed by atoms with Gasteiger partial charge in [-0.3, -0.25) is 9.59 Å². The first-order valence-corrected chi connectivity index (χ1v) is 34.8. The van der Waals surface area contributed by atoms with Crippen LogP contribution in [0.3, 0.4) is 0 Å². The zero-order chi connectivity index (χ0) is 57.6. The number of esters is 2. The first-order chi connectivity index (χ1) is 38.6. The molecule has 0 aliphatic rings. The highest BCUT2D eigenvalue weighted by Crippen LogP contribution is 2.19. The van der Waals surface area contributed by atoms with Crippen molar-refractivity contribution in [1.82, 2.24) is 0 Å². The molecule has 9 nitrogen and oxygen atoms in total. The minimum atomic E-state index is -1.62. The van der Waals surface area contributed by atoms with E-state index in [0.29, 0.717) is 23.9 Å². The maximum absolute atomic E-state index is 12.8. The lowest BCUT2D eigenvalue weighted by atomic mass is 10.0. The molecule has 9 heteroatoms. The molecule has 0 aliphatic carbocycles. The summed E-state index contributed by atoms with van der Waals surface area (Å²) in [5, 5.41) is 11.8. The predicted octanol–water partition coefficient (Wildman–Crippen LogP) is 19.9. The number of unbranched alkanes of at least 4 members (excludes halogenated alkanes) is 49. The Kier molecular flexibility index (Phi) is 60.5. The van der Waals surface area contributed by atoms with Crippen LogP contribution in [-0.4, -0.2) is 82.3 Å². The maximum atomic E-state index is 12.8. The largest absolute Gasteiger partial charge is 0.545 e. The molecule has 0 amide bonds. The Labute approximate surface area is 491 Å². The van der Waals surface area contributed by atoms with Crippen molar-refractivity contribution in [3.8, 4) is 0 Å². The Morgan fingerprint density at radius 2 is 0.646 bits per heavy atom. The summed E-state index contributed by atoms with van der Waals surface area (Å²) in [6, 6.07) is 0. The van der Waals surface area contributed by atoms with Gasteiger partial charge in [-0.1, -0.05) is 321 Å². The Morgan fingerprint density at radius 1 is 0.367 bits per heavy atom. The van der Waals surface area contributed by atoms with Gasteiger partial charge in [0.05, 0.1) is 40.3 Å². The Balaban J connectivity index is 3.82. The number of carboxylic acid groups (broad SMARTS) is 1. The number of hydrogen-bond acceptors (Lipinski definition) is 8. The van der Waals surface area contributed by atoms with Crippen LogP contribution in [0.4, 0.5) is 0 Å². The van der Waals surface area contributed by atoms with Crippen LogP contribution >= 0.6 is 0 Å².